The summed E-state index contributed by atoms with van der Waals surface area (Å²) in [5.41, 5.74) is 3.60. The monoisotopic (exact) mass is 543 g/mol. The standard InChI is InChI=1S/C31H46BrNO2/c1-3-4-5-6-7-8-9-10-11-12-13-14-21-35-30-20-16-19-29(23-30)31(25-33-26(2)34)28-18-15-17-27(22-28)24-32/h15-20,22-23,31H,3-14,21,24-25H2,1-2H3,(H,33,34). The second kappa shape index (κ2) is 18.5. The zero-order valence-corrected chi connectivity index (χ0v) is 23.6. The van der Waals surface area contributed by atoms with Crippen molar-refractivity contribution >= 4 is 21.8 Å². The van der Waals surface area contributed by atoms with E-state index in [0.29, 0.717) is 6.54 Å². The quantitative estimate of drug-likeness (QED) is 0.142. The molecule has 1 unspecified atom stereocenters. The average Bonchev–Trinajstić information content (AvgIpc) is 2.87. The van der Waals surface area contributed by atoms with E-state index >= 15 is 0 Å². The molecular weight excluding hydrogens is 498 g/mol. The van der Waals surface area contributed by atoms with Crippen molar-refractivity contribution in [2.45, 2.75) is 102 Å². The Morgan fingerprint density at radius 2 is 1.40 bits per heavy atom. The van der Waals surface area contributed by atoms with Crippen molar-refractivity contribution in [3.63, 3.8) is 0 Å². The molecule has 3 nitrogen and oxygen atoms in total. The molecule has 35 heavy (non-hydrogen) atoms. The predicted molar refractivity (Wildman–Crippen MR) is 153 cm³/mol. The summed E-state index contributed by atoms with van der Waals surface area (Å²) in [6, 6.07) is 16.9. The van der Waals surface area contributed by atoms with Crippen LogP contribution in [0.25, 0.3) is 0 Å². The molecule has 2 rings (SSSR count). The molecule has 194 valence electrons. The highest BCUT2D eigenvalue weighted by Crippen LogP contribution is 2.28. The van der Waals surface area contributed by atoms with Gasteiger partial charge in [-0.3, -0.25) is 4.79 Å². The second-order valence-electron chi connectivity index (χ2n) is 9.68. The van der Waals surface area contributed by atoms with Gasteiger partial charge in [-0.1, -0.05) is 130 Å². The molecule has 0 saturated heterocycles. The Kier molecular flexibility index (Phi) is 15.5. The number of nitrogens with one attached hydrogen (secondary N) is 1. The van der Waals surface area contributed by atoms with Crippen molar-refractivity contribution in [2.75, 3.05) is 13.2 Å². The summed E-state index contributed by atoms with van der Waals surface area (Å²) in [6.45, 7) is 5.18. The van der Waals surface area contributed by atoms with Gasteiger partial charge in [-0.15, -0.1) is 0 Å². The van der Waals surface area contributed by atoms with Gasteiger partial charge in [0.15, 0.2) is 0 Å². The lowest BCUT2D eigenvalue weighted by Gasteiger charge is -2.20. The molecule has 0 aromatic heterocycles. The Hall–Kier alpha value is -1.81. The first-order valence-corrected chi connectivity index (χ1v) is 14.9. The molecule has 0 aliphatic carbocycles. The zero-order valence-electron chi connectivity index (χ0n) is 22.0. The van der Waals surface area contributed by atoms with E-state index in [-0.39, 0.29) is 11.8 Å². The van der Waals surface area contributed by atoms with Crippen molar-refractivity contribution < 1.29 is 9.53 Å². The van der Waals surface area contributed by atoms with Crippen LogP contribution in [-0.4, -0.2) is 19.1 Å². The van der Waals surface area contributed by atoms with Crippen LogP contribution < -0.4 is 10.1 Å². The molecule has 1 N–H and O–H groups in total. The third-order valence-electron chi connectivity index (χ3n) is 6.59. The van der Waals surface area contributed by atoms with Crippen LogP contribution in [0.3, 0.4) is 0 Å². The number of rotatable bonds is 19. The third-order valence-corrected chi connectivity index (χ3v) is 7.24. The summed E-state index contributed by atoms with van der Waals surface area (Å²) in [5, 5.41) is 3.82. The van der Waals surface area contributed by atoms with E-state index in [0.717, 1.165) is 29.7 Å². The van der Waals surface area contributed by atoms with Crippen LogP contribution in [0.15, 0.2) is 48.5 Å². The third kappa shape index (κ3) is 12.6. The molecule has 0 fully saturated rings. The molecule has 0 aliphatic heterocycles. The van der Waals surface area contributed by atoms with E-state index < -0.39 is 0 Å². The van der Waals surface area contributed by atoms with Crippen LogP contribution in [0.2, 0.25) is 0 Å². The average molecular weight is 545 g/mol. The fourth-order valence-electron chi connectivity index (χ4n) is 4.52. The molecule has 2 aromatic rings. The van der Waals surface area contributed by atoms with Crippen LogP contribution >= 0.6 is 15.9 Å². The first kappa shape index (κ1) is 29.4. The van der Waals surface area contributed by atoms with E-state index in [1.165, 1.54) is 81.8 Å². The maximum absolute atomic E-state index is 11.6. The lowest BCUT2D eigenvalue weighted by atomic mass is 9.90. The van der Waals surface area contributed by atoms with Gasteiger partial charge >= 0.3 is 0 Å². The van der Waals surface area contributed by atoms with Crippen molar-refractivity contribution in [1.82, 2.24) is 5.32 Å². The fourth-order valence-corrected chi connectivity index (χ4v) is 4.87. The van der Waals surface area contributed by atoms with Crippen molar-refractivity contribution in [1.29, 1.82) is 0 Å². The number of carbonyl (C=O) groups excluding carboxylic acids is 1. The first-order valence-electron chi connectivity index (χ1n) is 13.8. The summed E-state index contributed by atoms with van der Waals surface area (Å²) >= 11 is 3.55. The second-order valence-corrected chi connectivity index (χ2v) is 10.2. The van der Waals surface area contributed by atoms with E-state index in [4.69, 9.17) is 4.74 Å². The molecule has 0 aliphatic rings. The number of alkyl halides is 1. The van der Waals surface area contributed by atoms with Crippen LogP contribution in [0, 0.1) is 0 Å². The molecule has 0 radical (unpaired) electrons. The fraction of sp³-hybridized carbons (Fsp3) is 0.581. The maximum atomic E-state index is 11.6. The summed E-state index contributed by atoms with van der Waals surface area (Å²) < 4.78 is 6.10. The number of benzene rings is 2. The molecular formula is C31H46BrNO2. The van der Waals surface area contributed by atoms with Gasteiger partial charge in [0, 0.05) is 24.7 Å². The number of hydrogen-bond donors (Lipinski definition) is 1. The number of unbranched alkanes of at least 4 members (excludes halogenated alkanes) is 11. The van der Waals surface area contributed by atoms with Crippen LogP contribution in [0.1, 0.15) is 114 Å². The Balaban J connectivity index is 1.74. The molecule has 4 heteroatoms. The highest BCUT2D eigenvalue weighted by molar-refractivity contribution is 9.08. The summed E-state index contributed by atoms with van der Waals surface area (Å²) in [5.74, 6) is 0.995. The minimum Gasteiger partial charge on any atom is -0.494 e. The van der Waals surface area contributed by atoms with Crippen molar-refractivity contribution in [3.8, 4) is 5.75 Å². The lowest BCUT2D eigenvalue weighted by Crippen LogP contribution is -2.26. The Morgan fingerprint density at radius 1 is 0.829 bits per heavy atom. The molecule has 0 bridgehead atoms. The molecule has 0 saturated carbocycles. The molecule has 0 heterocycles. The Morgan fingerprint density at radius 3 is 2.00 bits per heavy atom. The van der Waals surface area contributed by atoms with E-state index in [1.807, 2.05) is 6.07 Å². The lowest BCUT2D eigenvalue weighted by molar-refractivity contribution is -0.118. The van der Waals surface area contributed by atoms with Gasteiger partial charge in [0.25, 0.3) is 0 Å². The normalized spacial score (nSPS) is 11.9. The van der Waals surface area contributed by atoms with Crippen LogP contribution in [0.4, 0.5) is 0 Å². The SMILES string of the molecule is CCCCCCCCCCCCCCOc1cccc(C(CNC(C)=O)c2cccc(CBr)c2)c1. The van der Waals surface area contributed by atoms with E-state index in [9.17, 15) is 4.79 Å². The molecule has 0 spiro atoms. The number of amides is 1. The minimum absolute atomic E-state index is 0.00831. The van der Waals surface area contributed by atoms with Crippen LogP contribution in [-0.2, 0) is 10.1 Å². The zero-order chi connectivity index (χ0) is 25.1. The van der Waals surface area contributed by atoms with E-state index in [2.05, 4.69) is 70.6 Å². The minimum atomic E-state index is -0.00831. The van der Waals surface area contributed by atoms with Gasteiger partial charge in [0.1, 0.15) is 5.75 Å². The number of ether oxygens (including phenoxy) is 1. The Labute approximate surface area is 222 Å². The number of carbonyl (C=O) groups is 1. The first-order chi connectivity index (χ1) is 17.1. The van der Waals surface area contributed by atoms with Gasteiger partial charge < -0.3 is 10.1 Å². The van der Waals surface area contributed by atoms with Gasteiger partial charge in [-0.2, -0.15) is 0 Å². The van der Waals surface area contributed by atoms with Crippen molar-refractivity contribution in [2.24, 2.45) is 0 Å². The summed E-state index contributed by atoms with van der Waals surface area (Å²) in [7, 11) is 0. The highest BCUT2D eigenvalue weighted by atomic mass is 79.9. The summed E-state index contributed by atoms with van der Waals surface area (Å²) in [4.78, 5) is 11.6. The Bertz CT molecular complexity index is 838. The predicted octanol–water partition coefficient (Wildman–Crippen LogP) is 8.93. The van der Waals surface area contributed by atoms with Gasteiger partial charge in [0.05, 0.1) is 6.61 Å². The van der Waals surface area contributed by atoms with Gasteiger partial charge in [-0.05, 0) is 35.2 Å². The molecule has 1 amide bonds. The number of halogens is 1. The maximum Gasteiger partial charge on any atom is 0.216 e. The summed E-state index contributed by atoms with van der Waals surface area (Å²) in [6.07, 6.45) is 16.2. The largest absolute Gasteiger partial charge is 0.494 e. The van der Waals surface area contributed by atoms with E-state index in [1.54, 1.807) is 6.92 Å². The van der Waals surface area contributed by atoms with Crippen molar-refractivity contribution in [3.05, 3.63) is 65.2 Å². The molecule has 1 atom stereocenters. The topological polar surface area (TPSA) is 38.3 Å². The molecule has 2 aromatic carbocycles. The smallest absolute Gasteiger partial charge is 0.216 e. The van der Waals surface area contributed by atoms with Crippen LogP contribution in [0.5, 0.6) is 5.75 Å². The highest BCUT2D eigenvalue weighted by Gasteiger charge is 2.16. The van der Waals surface area contributed by atoms with Gasteiger partial charge in [0.2, 0.25) is 5.91 Å². The van der Waals surface area contributed by atoms with Gasteiger partial charge in [-0.25, -0.2) is 0 Å². The number of hydrogen-bond acceptors (Lipinski definition) is 2.